The van der Waals surface area contributed by atoms with Gasteiger partial charge in [0.25, 0.3) is 11.2 Å². The van der Waals surface area contributed by atoms with Crippen LogP contribution >= 0.6 is 0 Å². The van der Waals surface area contributed by atoms with Crippen LogP contribution in [-0.4, -0.2) is 22.6 Å². The van der Waals surface area contributed by atoms with Crippen molar-refractivity contribution in [2.24, 2.45) is 30.7 Å². The number of benzene rings is 6. The van der Waals surface area contributed by atoms with E-state index in [1.807, 2.05) is 48.5 Å². The van der Waals surface area contributed by atoms with Crippen LogP contribution in [0, 0.1) is 17.0 Å². The number of azo groups is 3. The van der Waals surface area contributed by atoms with Crippen LogP contribution in [0.25, 0.3) is 16.5 Å². The number of non-ortho nitro benzene ring substituents is 1. The first-order valence-electron chi connectivity index (χ1n) is 16.4. The van der Waals surface area contributed by atoms with Crippen molar-refractivity contribution in [3.05, 3.63) is 154 Å². The number of fused-ring (bicyclic) bond motifs is 1. The van der Waals surface area contributed by atoms with Crippen LogP contribution in [0.1, 0.15) is 5.69 Å². The fourth-order valence-electron chi connectivity index (χ4n) is 5.06. The summed E-state index contributed by atoms with van der Waals surface area (Å²) in [4.78, 5) is 22.1. The summed E-state index contributed by atoms with van der Waals surface area (Å²) in [6.45, 7) is 1.42. The Morgan fingerprint density at radius 2 is 1.26 bits per heavy atom. The van der Waals surface area contributed by atoms with Crippen LogP contribution < -0.4 is 26.0 Å². The molecule has 0 aliphatic heterocycles. The molecule has 1 radical (unpaired) electrons. The van der Waals surface area contributed by atoms with Crippen LogP contribution in [0.2, 0.25) is 0 Å². The third-order valence-corrected chi connectivity index (χ3v) is 8.68. The zero-order valence-electron chi connectivity index (χ0n) is 29.6. The molecule has 20 heteroatoms. The fraction of sp³-hybridized carbons (Fsp3) is 0.0263. The van der Waals surface area contributed by atoms with Gasteiger partial charge in [-0.15, -0.1) is 10.8 Å². The van der Waals surface area contributed by atoms with Crippen LogP contribution in [0.3, 0.4) is 0 Å². The van der Waals surface area contributed by atoms with Crippen molar-refractivity contribution in [2.75, 3.05) is 0 Å². The van der Waals surface area contributed by atoms with E-state index in [0.717, 1.165) is 40.4 Å². The zero-order chi connectivity index (χ0) is 40.7. The summed E-state index contributed by atoms with van der Waals surface area (Å²) in [6, 6.07) is 31.8. The number of nitrogens with zero attached hydrogens (tertiary/aromatic N) is 9. The van der Waals surface area contributed by atoms with Crippen molar-refractivity contribution in [3.63, 3.8) is 0 Å². The van der Waals surface area contributed by atoms with Gasteiger partial charge in [-0.1, -0.05) is 97.0 Å². The summed E-state index contributed by atoms with van der Waals surface area (Å²) in [6.07, 6.45) is 0. The molecule has 0 N–H and O–H groups in total. The first-order valence-corrected chi connectivity index (χ1v) is 17.8. The molecular formula is C38H24CrN9O9S-2. The van der Waals surface area contributed by atoms with E-state index >= 15 is 0 Å². The first kappa shape index (κ1) is 41.8. The van der Waals surface area contributed by atoms with Crippen molar-refractivity contribution in [1.82, 2.24) is 9.78 Å². The summed E-state index contributed by atoms with van der Waals surface area (Å²) < 4.78 is 34.3. The van der Waals surface area contributed by atoms with Crippen molar-refractivity contribution < 1.29 is 50.6 Å². The predicted octanol–water partition coefficient (Wildman–Crippen LogP) is 7.22. The van der Waals surface area contributed by atoms with Gasteiger partial charge in [0.1, 0.15) is 15.8 Å². The molecule has 58 heavy (non-hydrogen) atoms. The maximum Gasteiger partial charge on any atom is 3.00 e. The Bertz CT molecular complexity index is 2900. The molecule has 7 rings (SSSR count). The van der Waals surface area contributed by atoms with E-state index in [-0.39, 0.29) is 68.7 Å². The minimum absolute atomic E-state index is 0. The Balaban J connectivity index is 0.000000217. The van der Waals surface area contributed by atoms with Crippen molar-refractivity contribution in [1.29, 1.82) is 0 Å². The molecule has 18 nitrogen and oxygen atoms in total. The maximum atomic E-state index is 12.6. The van der Waals surface area contributed by atoms with E-state index in [1.54, 1.807) is 18.2 Å². The molecule has 0 bridgehead atoms. The van der Waals surface area contributed by atoms with Gasteiger partial charge in [0.05, 0.1) is 38.3 Å². The molecule has 1 heterocycles. The van der Waals surface area contributed by atoms with E-state index < -0.39 is 31.2 Å². The van der Waals surface area contributed by atoms with Gasteiger partial charge in [-0.3, -0.25) is 14.9 Å². The topological polar surface area (TPSA) is 280 Å². The van der Waals surface area contributed by atoms with Gasteiger partial charge >= 0.3 is 17.4 Å². The number of nitro benzene ring substituents is 1. The standard InChI is InChI=1S/C22H16N4O2.C16H13N5O7S.Cr/c27-20-13-11-17(24-23-16-7-2-1-3-8-16)14-19(20)25-26-22-18-9-5-4-6-15(18)10-12-21(22)28;1-9-15(18-17-13-8-11(21(24)25)5-6-14(13)22)16(23)20(19-9)10-3-2-4-12(7-10)29(26,27)28;/h1-14,27-28H;2-8H,1H3,(H3,17,18,19,22,23,26,27,28);/q;;+3/p-5. The number of hydrogen-bond acceptors (Lipinski definition) is 15. The molecule has 0 spiro atoms. The first-order chi connectivity index (χ1) is 27.3. The minimum atomic E-state index is -4.74. The third kappa shape index (κ3) is 9.89. The number of rotatable bonds is 9. The van der Waals surface area contributed by atoms with Gasteiger partial charge in [-0.2, -0.15) is 25.6 Å². The summed E-state index contributed by atoms with van der Waals surface area (Å²) in [5.74, 6) is -1.20. The van der Waals surface area contributed by atoms with Gasteiger partial charge in [0.15, 0.2) is 0 Å². The molecular weight excluding hydrogens is 811 g/mol. The van der Waals surface area contributed by atoms with E-state index in [2.05, 4.69) is 35.8 Å². The van der Waals surface area contributed by atoms with E-state index in [1.165, 1.54) is 37.3 Å². The van der Waals surface area contributed by atoms with Crippen LogP contribution in [0.4, 0.5) is 39.8 Å². The second-order valence-corrected chi connectivity index (χ2v) is 13.1. The summed E-state index contributed by atoms with van der Waals surface area (Å²) in [7, 11) is -4.74. The average Bonchev–Trinajstić information content (AvgIpc) is 3.49. The van der Waals surface area contributed by atoms with Crippen molar-refractivity contribution in [3.8, 4) is 22.9 Å². The van der Waals surface area contributed by atoms with E-state index in [0.29, 0.717) is 16.8 Å². The van der Waals surface area contributed by atoms with Crippen LogP contribution in [0.5, 0.6) is 17.2 Å². The van der Waals surface area contributed by atoms with Gasteiger partial charge < -0.3 is 29.7 Å². The molecule has 289 valence electrons. The SMILES string of the molecule is Cc1[n-]n(-c2cccc(S(=O)(=O)[O-])c2)c(=O)c1N=Nc1cc([N+](=O)[O-])ccc1[O-].[Cr+3].[O-]c1ccc(N=Nc2ccccc2)cc1N=Nc1c([O-])ccc2ccccc12. The Morgan fingerprint density at radius 3 is 1.97 bits per heavy atom. The molecule has 0 aliphatic carbocycles. The number of hydrogen-bond donors (Lipinski definition) is 0. The monoisotopic (exact) mass is 834 g/mol. The summed E-state index contributed by atoms with van der Waals surface area (Å²) in [5.41, 5.74) is -0.180. The van der Waals surface area contributed by atoms with Gasteiger partial charge in [0, 0.05) is 23.2 Å². The molecule has 6 aromatic carbocycles. The summed E-state index contributed by atoms with van der Waals surface area (Å²) >= 11 is 0. The fourth-order valence-corrected chi connectivity index (χ4v) is 5.57. The van der Waals surface area contributed by atoms with Gasteiger partial charge in [-0.25, -0.2) is 8.42 Å². The van der Waals surface area contributed by atoms with Gasteiger partial charge in [0.2, 0.25) is 0 Å². The van der Waals surface area contributed by atoms with Crippen LogP contribution in [0.15, 0.2) is 168 Å². The van der Waals surface area contributed by atoms with Gasteiger partial charge in [-0.05, 0) is 47.9 Å². The largest absolute Gasteiger partial charge is 3.00 e. The van der Waals surface area contributed by atoms with E-state index in [4.69, 9.17) is 0 Å². The molecule has 0 amide bonds. The molecule has 0 unspecified atom stereocenters. The van der Waals surface area contributed by atoms with Crippen molar-refractivity contribution in [2.45, 2.75) is 11.8 Å². The normalized spacial score (nSPS) is 11.5. The second kappa shape index (κ2) is 18.1. The molecule has 0 aliphatic rings. The molecule has 0 saturated carbocycles. The number of aryl methyl sites for hydroxylation is 1. The zero-order valence-corrected chi connectivity index (χ0v) is 31.7. The molecule has 1 aromatic heterocycles. The number of aromatic nitrogens is 2. The molecule has 0 fully saturated rings. The minimum Gasteiger partial charge on any atom is -0.871 e. The Labute approximate surface area is 338 Å². The smallest absolute Gasteiger partial charge is 0.871 e. The van der Waals surface area contributed by atoms with Crippen molar-refractivity contribution >= 4 is 60.7 Å². The Hall–Kier alpha value is -7.37. The third-order valence-electron chi connectivity index (χ3n) is 7.85. The molecule has 7 aromatic rings. The quantitative estimate of drug-likeness (QED) is 0.0609. The molecule has 0 saturated heterocycles. The van der Waals surface area contributed by atoms with E-state index in [9.17, 15) is 43.2 Å². The maximum absolute atomic E-state index is 12.6. The predicted molar refractivity (Wildman–Crippen MR) is 199 cm³/mol. The Morgan fingerprint density at radius 1 is 0.638 bits per heavy atom. The second-order valence-electron chi connectivity index (χ2n) is 11.7. The summed E-state index contributed by atoms with van der Waals surface area (Å²) in [5, 5.41) is 76.0. The number of nitro groups is 1. The van der Waals surface area contributed by atoms with Crippen LogP contribution in [-0.2, 0) is 27.5 Å². The Kier molecular flexibility index (Phi) is 13.0. The molecule has 0 atom stereocenters. The average molecular weight is 835 g/mol.